The number of carbonyl (C=O) groups excluding carboxylic acids is 1. The zero-order chi connectivity index (χ0) is 13.6. The number of anilines is 1. The maximum absolute atomic E-state index is 11.7. The van der Waals surface area contributed by atoms with E-state index in [1.54, 1.807) is 4.90 Å². The van der Waals surface area contributed by atoms with Crippen LogP contribution in [-0.2, 0) is 11.2 Å². The molecular weight excluding hydrogens is 238 g/mol. The maximum atomic E-state index is 11.7. The van der Waals surface area contributed by atoms with Crippen LogP contribution in [0.3, 0.4) is 0 Å². The highest BCUT2D eigenvalue weighted by Gasteiger charge is 2.33. The average Bonchev–Trinajstić information content (AvgIpc) is 3.25. The highest BCUT2D eigenvalue weighted by molar-refractivity contribution is 5.95. The number of aryl methyl sites for hydroxylation is 1. The molecule has 1 amide bonds. The first-order valence-corrected chi connectivity index (χ1v) is 7.15. The van der Waals surface area contributed by atoms with E-state index < -0.39 is 0 Å². The normalized spacial score (nSPS) is 22.1. The van der Waals surface area contributed by atoms with Crippen LogP contribution in [0.25, 0.3) is 0 Å². The Kier molecular flexibility index (Phi) is 3.09. The molecule has 1 aromatic rings. The van der Waals surface area contributed by atoms with E-state index in [4.69, 9.17) is 0 Å². The molecule has 0 bridgehead atoms. The first-order valence-electron chi connectivity index (χ1n) is 7.15. The summed E-state index contributed by atoms with van der Waals surface area (Å²) < 4.78 is 0. The molecule has 19 heavy (non-hydrogen) atoms. The lowest BCUT2D eigenvalue weighted by molar-refractivity contribution is -0.118. The van der Waals surface area contributed by atoms with Gasteiger partial charge < -0.3 is 10.0 Å². The minimum absolute atomic E-state index is 0.173. The Morgan fingerprint density at radius 1 is 1.32 bits per heavy atom. The molecular formula is C16H21NO2. The number of nitrogens with zero attached hydrogens (tertiary/aromatic N) is 1. The second-order valence-corrected chi connectivity index (χ2v) is 5.98. The molecule has 2 unspecified atom stereocenters. The van der Waals surface area contributed by atoms with Gasteiger partial charge in [0, 0.05) is 19.2 Å². The Bertz CT molecular complexity index is 507. The van der Waals surface area contributed by atoms with Gasteiger partial charge in [-0.05, 0) is 48.3 Å². The molecule has 1 fully saturated rings. The molecule has 1 heterocycles. The fourth-order valence-corrected chi connectivity index (χ4v) is 3.04. The zero-order valence-electron chi connectivity index (χ0n) is 11.6. The topological polar surface area (TPSA) is 40.5 Å². The highest BCUT2D eigenvalue weighted by atomic mass is 16.3. The van der Waals surface area contributed by atoms with E-state index in [0.29, 0.717) is 18.3 Å². The van der Waals surface area contributed by atoms with Gasteiger partial charge in [-0.25, -0.2) is 0 Å². The van der Waals surface area contributed by atoms with Gasteiger partial charge in [-0.15, -0.1) is 0 Å². The van der Waals surface area contributed by atoms with Gasteiger partial charge in [-0.1, -0.05) is 19.1 Å². The molecule has 0 saturated heterocycles. The van der Waals surface area contributed by atoms with E-state index in [9.17, 15) is 9.90 Å². The van der Waals surface area contributed by atoms with Crippen LogP contribution in [0.5, 0.6) is 0 Å². The van der Waals surface area contributed by atoms with Crippen molar-refractivity contribution < 1.29 is 9.90 Å². The lowest BCUT2D eigenvalue weighted by Crippen LogP contribution is -2.31. The molecule has 1 aromatic carbocycles. The molecule has 2 aliphatic rings. The quantitative estimate of drug-likeness (QED) is 0.906. The third-order valence-corrected chi connectivity index (χ3v) is 4.65. The summed E-state index contributed by atoms with van der Waals surface area (Å²) in [7, 11) is 1.82. The molecule has 2 atom stereocenters. The monoisotopic (exact) mass is 259 g/mol. The van der Waals surface area contributed by atoms with Gasteiger partial charge in [0.15, 0.2) is 0 Å². The molecule has 102 valence electrons. The summed E-state index contributed by atoms with van der Waals surface area (Å²) in [6, 6.07) is 6.03. The van der Waals surface area contributed by atoms with Crippen LogP contribution in [-0.4, -0.2) is 18.1 Å². The number of rotatable bonds is 3. The van der Waals surface area contributed by atoms with Crippen LogP contribution >= 0.6 is 0 Å². The van der Waals surface area contributed by atoms with E-state index in [0.717, 1.165) is 17.7 Å². The number of aliphatic hydroxyl groups is 1. The van der Waals surface area contributed by atoms with Crippen molar-refractivity contribution in [2.45, 2.75) is 38.7 Å². The van der Waals surface area contributed by atoms with Gasteiger partial charge in [0.05, 0.1) is 6.10 Å². The van der Waals surface area contributed by atoms with Crippen molar-refractivity contribution in [3.05, 3.63) is 29.3 Å². The van der Waals surface area contributed by atoms with Crippen molar-refractivity contribution >= 4 is 11.6 Å². The van der Waals surface area contributed by atoms with E-state index in [-0.39, 0.29) is 12.0 Å². The van der Waals surface area contributed by atoms with Gasteiger partial charge in [0.25, 0.3) is 0 Å². The molecule has 3 heteroatoms. The summed E-state index contributed by atoms with van der Waals surface area (Å²) in [5.41, 5.74) is 3.17. The van der Waals surface area contributed by atoms with Crippen molar-refractivity contribution in [2.75, 3.05) is 11.9 Å². The molecule has 0 spiro atoms. The van der Waals surface area contributed by atoms with Crippen molar-refractivity contribution in [1.82, 2.24) is 0 Å². The lowest BCUT2D eigenvalue weighted by Gasteiger charge is -2.27. The minimum atomic E-state index is -0.374. The molecule has 1 N–H and O–H groups in total. The second-order valence-electron chi connectivity index (χ2n) is 5.98. The Hall–Kier alpha value is -1.35. The lowest BCUT2D eigenvalue weighted by atomic mass is 9.90. The van der Waals surface area contributed by atoms with E-state index in [1.807, 2.05) is 19.2 Å². The molecule has 1 aliphatic heterocycles. The molecule has 0 aromatic heterocycles. The Balaban J connectivity index is 1.86. The summed E-state index contributed by atoms with van der Waals surface area (Å²) in [6.45, 7) is 2.14. The third-order valence-electron chi connectivity index (χ3n) is 4.65. The molecule has 3 rings (SSSR count). The van der Waals surface area contributed by atoms with Crippen LogP contribution < -0.4 is 4.90 Å². The fraction of sp³-hybridized carbons (Fsp3) is 0.562. The number of hydrogen-bond donors (Lipinski definition) is 1. The third kappa shape index (κ3) is 2.27. The first-order chi connectivity index (χ1) is 9.08. The van der Waals surface area contributed by atoms with Crippen molar-refractivity contribution in [3.8, 4) is 0 Å². The Labute approximate surface area is 114 Å². The van der Waals surface area contributed by atoms with Gasteiger partial charge in [0.2, 0.25) is 5.91 Å². The van der Waals surface area contributed by atoms with Gasteiger partial charge in [0.1, 0.15) is 0 Å². The Morgan fingerprint density at radius 2 is 2.05 bits per heavy atom. The van der Waals surface area contributed by atoms with Gasteiger partial charge >= 0.3 is 0 Å². The van der Waals surface area contributed by atoms with E-state index >= 15 is 0 Å². The van der Waals surface area contributed by atoms with Gasteiger partial charge in [-0.3, -0.25) is 4.79 Å². The molecule has 1 saturated carbocycles. The van der Waals surface area contributed by atoms with Crippen LogP contribution in [0, 0.1) is 11.8 Å². The Morgan fingerprint density at radius 3 is 2.74 bits per heavy atom. The molecule has 3 nitrogen and oxygen atoms in total. The van der Waals surface area contributed by atoms with E-state index in [1.165, 1.54) is 18.4 Å². The summed E-state index contributed by atoms with van der Waals surface area (Å²) in [5.74, 6) is 1.20. The highest BCUT2D eigenvalue weighted by Crippen LogP contribution is 2.43. The smallest absolute Gasteiger partial charge is 0.227 e. The summed E-state index contributed by atoms with van der Waals surface area (Å²) in [5, 5.41) is 10.4. The number of aliphatic hydroxyl groups excluding tert-OH is 1. The van der Waals surface area contributed by atoms with Crippen LogP contribution in [0.4, 0.5) is 5.69 Å². The fourth-order valence-electron chi connectivity index (χ4n) is 3.04. The number of amides is 1. The summed E-state index contributed by atoms with van der Waals surface area (Å²) in [4.78, 5) is 13.4. The number of benzene rings is 1. The standard InChI is InChI=1S/C16H21NO2/c1-10(11-3-4-11)16(19)13-5-7-14-12(9-13)6-8-15(18)17(14)2/h5,7,9-11,16,19H,3-4,6,8H2,1-2H3. The predicted octanol–water partition coefficient (Wildman–Crippen LogP) is 2.68. The summed E-state index contributed by atoms with van der Waals surface area (Å²) in [6.07, 6.45) is 3.49. The minimum Gasteiger partial charge on any atom is -0.388 e. The van der Waals surface area contributed by atoms with Gasteiger partial charge in [-0.2, -0.15) is 0 Å². The van der Waals surface area contributed by atoms with E-state index in [2.05, 4.69) is 13.0 Å². The SMILES string of the molecule is CC(C1CC1)C(O)c1ccc2c(c1)CCC(=O)N2C. The maximum Gasteiger partial charge on any atom is 0.227 e. The number of carbonyl (C=O) groups is 1. The van der Waals surface area contributed by atoms with Crippen molar-refractivity contribution in [2.24, 2.45) is 11.8 Å². The number of fused-ring (bicyclic) bond motifs is 1. The summed E-state index contributed by atoms with van der Waals surface area (Å²) >= 11 is 0. The van der Waals surface area contributed by atoms with Crippen LogP contribution in [0.1, 0.15) is 43.4 Å². The molecule has 0 radical (unpaired) electrons. The second kappa shape index (κ2) is 4.64. The largest absolute Gasteiger partial charge is 0.388 e. The number of hydrogen-bond acceptors (Lipinski definition) is 2. The zero-order valence-corrected chi connectivity index (χ0v) is 11.6. The predicted molar refractivity (Wildman–Crippen MR) is 75.0 cm³/mol. The van der Waals surface area contributed by atoms with Crippen molar-refractivity contribution in [3.63, 3.8) is 0 Å². The van der Waals surface area contributed by atoms with Crippen molar-refractivity contribution in [1.29, 1.82) is 0 Å². The van der Waals surface area contributed by atoms with Crippen LogP contribution in [0.15, 0.2) is 18.2 Å². The first kappa shape index (κ1) is 12.7. The average molecular weight is 259 g/mol. The van der Waals surface area contributed by atoms with Crippen LogP contribution in [0.2, 0.25) is 0 Å². The molecule has 1 aliphatic carbocycles.